The van der Waals surface area contributed by atoms with E-state index in [0.29, 0.717) is 12.5 Å². The van der Waals surface area contributed by atoms with E-state index in [0.717, 1.165) is 12.3 Å². The lowest BCUT2D eigenvalue weighted by Gasteiger charge is -2.08. The molecule has 0 saturated heterocycles. The van der Waals surface area contributed by atoms with Gasteiger partial charge in [-0.15, -0.1) is 0 Å². The van der Waals surface area contributed by atoms with Crippen LogP contribution >= 0.6 is 0 Å². The largest absolute Gasteiger partial charge is 0.396 e. The Morgan fingerprint density at radius 3 is 2.00 bits per heavy atom. The first kappa shape index (κ1) is 8.96. The van der Waals surface area contributed by atoms with Crippen LogP contribution in [-0.4, -0.2) is 11.7 Å². The molecule has 0 heterocycles. The summed E-state index contributed by atoms with van der Waals surface area (Å²) < 4.78 is 0. The third-order valence-corrected chi connectivity index (χ3v) is 1.55. The van der Waals surface area contributed by atoms with E-state index >= 15 is 0 Å². The summed E-state index contributed by atoms with van der Waals surface area (Å²) in [6, 6.07) is 0. The van der Waals surface area contributed by atoms with Crippen molar-refractivity contribution < 1.29 is 5.11 Å². The number of aliphatic hydroxyl groups excluding tert-OH is 1. The molecule has 0 aliphatic carbocycles. The highest BCUT2D eigenvalue weighted by Gasteiger charge is 2.00. The van der Waals surface area contributed by atoms with Gasteiger partial charge in [0.15, 0.2) is 0 Å². The molecule has 0 amide bonds. The van der Waals surface area contributed by atoms with E-state index in [1.165, 1.54) is 6.42 Å². The second-order valence-corrected chi connectivity index (χ2v) is 3.26. The van der Waals surface area contributed by atoms with Crippen molar-refractivity contribution in [2.75, 3.05) is 6.61 Å². The summed E-state index contributed by atoms with van der Waals surface area (Å²) in [6.45, 7) is 6.85. The summed E-state index contributed by atoms with van der Waals surface area (Å²) in [4.78, 5) is 0. The average molecular weight is 130 g/mol. The first-order valence-corrected chi connectivity index (χ1v) is 3.77. The molecule has 0 rings (SSSR count). The molecule has 0 aromatic heterocycles. The van der Waals surface area contributed by atoms with Gasteiger partial charge in [-0.3, -0.25) is 0 Å². The van der Waals surface area contributed by atoms with Gasteiger partial charge in [0.25, 0.3) is 0 Å². The van der Waals surface area contributed by atoms with E-state index in [1.54, 1.807) is 0 Å². The summed E-state index contributed by atoms with van der Waals surface area (Å²) in [5.74, 6) is 1.27. The third-order valence-electron chi connectivity index (χ3n) is 1.55. The molecule has 0 aromatic rings. The zero-order chi connectivity index (χ0) is 7.28. The first-order valence-electron chi connectivity index (χ1n) is 3.77. The van der Waals surface area contributed by atoms with Crippen LogP contribution in [0.2, 0.25) is 0 Å². The molecule has 0 aliphatic heterocycles. The highest BCUT2D eigenvalue weighted by atomic mass is 16.3. The predicted molar refractivity (Wildman–Crippen MR) is 40.3 cm³/mol. The van der Waals surface area contributed by atoms with Crippen molar-refractivity contribution in [1.82, 2.24) is 0 Å². The lowest BCUT2D eigenvalue weighted by atomic mass is 10.0. The summed E-state index contributed by atoms with van der Waals surface area (Å²) >= 11 is 0. The van der Waals surface area contributed by atoms with Crippen LogP contribution in [0.1, 0.15) is 33.6 Å². The number of aliphatic hydroxyl groups is 1. The van der Waals surface area contributed by atoms with Crippen molar-refractivity contribution in [3.05, 3.63) is 0 Å². The van der Waals surface area contributed by atoms with Crippen molar-refractivity contribution in [3.8, 4) is 0 Å². The summed E-state index contributed by atoms with van der Waals surface area (Å²) in [7, 11) is 0. The van der Waals surface area contributed by atoms with E-state index < -0.39 is 0 Å². The third kappa shape index (κ3) is 5.84. The number of hydrogen-bond donors (Lipinski definition) is 1. The van der Waals surface area contributed by atoms with Gasteiger partial charge >= 0.3 is 0 Å². The SMILES string of the molecule is CC(C)CC[C@H](C)CO. The van der Waals surface area contributed by atoms with Crippen molar-refractivity contribution in [1.29, 1.82) is 0 Å². The Kier molecular flexibility index (Phi) is 4.78. The fourth-order valence-corrected chi connectivity index (χ4v) is 0.709. The molecule has 0 aliphatic rings. The maximum atomic E-state index is 8.65. The molecule has 9 heavy (non-hydrogen) atoms. The molecule has 0 spiro atoms. The van der Waals surface area contributed by atoms with Crippen molar-refractivity contribution in [2.24, 2.45) is 11.8 Å². The van der Waals surface area contributed by atoms with Crippen LogP contribution in [0.4, 0.5) is 0 Å². The Morgan fingerprint density at radius 1 is 1.11 bits per heavy atom. The van der Waals surface area contributed by atoms with Crippen molar-refractivity contribution >= 4 is 0 Å². The molecule has 0 radical (unpaired) electrons. The van der Waals surface area contributed by atoms with Crippen LogP contribution < -0.4 is 0 Å². The molecule has 1 heteroatoms. The highest BCUT2D eigenvalue weighted by molar-refractivity contribution is 4.52. The molecule has 0 saturated carbocycles. The lowest BCUT2D eigenvalue weighted by molar-refractivity contribution is 0.224. The average Bonchev–Trinajstić information content (AvgIpc) is 1.83. The smallest absolute Gasteiger partial charge is 0.0456 e. The minimum absolute atomic E-state index is 0.340. The van der Waals surface area contributed by atoms with Gasteiger partial charge < -0.3 is 5.11 Å². The molecule has 1 N–H and O–H groups in total. The second-order valence-electron chi connectivity index (χ2n) is 3.26. The van der Waals surface area contributed by atoms with Crippen LogP contribution in [-0.2, 0) is 0 Å². The Bertz CT molecular complexity index is 59.6. The van der Waals surface area contributed by atoms with Gasteiger partial charge in [0.05, 0.1) is 0 Å². The van der Waals surface area contributed by atoms with Crippen LogP contribution in [0, 0.1) is 11.8 Å². The van der Waals surface area contributed by atoms with Crippen LogP contribution in [0.3, 0.4) is 0 Å². The summed E-state index contributed by atoms with van der Waals surface area (Å²) in [6.07, 6.45) is 2.40. The van der Waals surface area contributed by atoms with Gasteiger partial charge in [0.2, 0.25) is 0 Å². The van der Waals surface area contributed by atoms with Crippen LogP contribution in [0.15, 0.2) is 0 Å². The first-order chi connectivity index (χ1) is 4.16. The molecule has 0 aromatic carbocycles. The predicted octanol–water partition coefficient (Wildman–Crippen LogP) is 2.05. The fraction of sp³-hybridized carbons (Fsp3) is 1.00. The lowest BCUT2D eigenvalue weighted by Crippen LogP contribution is -2.01. The Morgan fingerprint density at radius 2 is 1.67 bits per heavy atom. The van der Waals surface area contributed by atoms with E-state index in [-0.39, 0.29) is 0 Å². The van der Waals surface area contributed by atoms with Gasteiger partial charge in [-0.25, -0.2) is 0 Å². The van der Waals surface area contributed by atoms with Gasteiger partial charge in [-0.1, -0.05) is 27.2 Å². The fourth-order valence-electron chi connectivity index (χ4n) is 0.709. The van der Waals surface area contributed by atoms with E-state index in [1.807, 2.05) is 0 Å². The Labute approximate surface area is 58.1 Å². The maximum Gasteiger partial charge on any atom is 0.0456 e. The molecule has 1 atom stereocenters. The maximum absolute atomic E-state index is 8.65. The van der Waals surface area contributed by atoms with Gasteiger partial charge in [-0.2, -0.15) is 0 Å². The standard InChI is InChI=1S/C8H18O/c1-7(2)4-5-8(3)6-9/h7-9H,4-6H2,1-3H3/t8-/m0/s1. The zero-order valence-corrected chi connectivity index (χ0v) is 6.72. The number of rotatable bonds is 4. The molecule has 56 valence electrons. The number of hydrogen-bond acceptors (Lipinski definition) is 1. The van der Waals surface area contributed by atoms with E-state index in [4.69, 9.17) is 5.11 Å². The van der Waals surface area contributed by atoms with E-state index in [9.17, 15) is 0 Å². The summed E-state index contributed by atoms with van der Waals surface area (Å²) in [5, 5.41) is 8.65. The second kappa shape index (κ2) is 4.80. The topological polar surface area (TPSA) is 20.2 Å². The van der Waals surface area contributed by atoms with Crippen molar-refractivity contribution in [2.45, 2.75) is 33.6 Å². The molecule has 0 unspecified atom stereocenters. The summed E-state index contributed by atoms with van der Waals surface area (Å²) in [5.41, 5.74) is 0. The van der Waals surface area contributed by atoms with Gasteiger partial charge in [-0.05, 0) is 18.3 Å². The molecular weight excluding hydrogens is 112 g/mol. The Hall–Kier alpha value is -0.0400. The van der Waals surface area contributed by atoms with Gasteiger partial charge in [0.1, 0.15) is 0 Å². The van der Waals surface area contributed by atoms with Crippen LogP contribution in [0.5, 0.6) is 0 Å². The zero-order valence-electron chi connectivity index (χ0n) is 6.72. The quantitative estimate of drug-likeness (QED) is 0.617. The van der Waals surface area contributed by atoms with Crippen LogP contribution in [0.25, 0.3) is 0 Å². The minimum atomic E-state index is 0.340. The van der Waals surface area contributed by atoms with Crippen molar-refractivity contribution in [3.63, 3.8) is 0 Å². The minimum Gasteiger partial charge on any atom is -0.396 e. The Balaban J connectivity index is 3.06. The highest BCUT2D eigenvalue weighted by Crippen LogP contribution is 2.10. The molecule has 0 fully saturated rings. The molecular formula is C8H18O. The van der Waals surface area contributed by atoms with E-state index in [2.05, 4.69) is 20.8 Å². The molecule has 0 bridgehead atoms. The normalized spacial score (nSPS) is 14.3. The molecule has 1 nitrogen and oxygen atoms in total. The van der Waals surface area contributed by atoms with Gasteiger partial charge in [0, 0.05) is 6.61 Å². The monoisotopic (exact) mass is 130 g/mol.